The number of anilines is 1. The summed E-state index contributed by atoms with van der Waals surface area (Å²) in [6.07, 6.45) is 4.88. The van der Waals surface area contributed by atoms with Gasteiger partial charge in [-0.25, -0.2) is 9.97 Å². The zero-order valence-electron chi connectivity index (χ0n) is 11.2. The summed E-state index contributed by atoms with van der Waals surface area (Å²) in [5.74, 6) is 0.191. The minimum atomic E-state index is -0.197. The number of nitrogens with one attached hydrogen (secondary N) is 1. The molecule has 2 aromatic heterocycles. The zero-order chi connectivity index (χ0) is 14.4. The molecule has 0 aliphatic carbocycles. The smallest absolute Gasteiger partial charge is 0.253 e. The van der Waals surface area contributed by atoms with Crippen LogP contribution in [0.2, 0.25) is 0 Å². The van der Waals surface area contributed by atoms with Crippen LogP contribution in [0.15, 0.2) is 30.9 Å². The number of rotatable bonds is 6. The van der Waals surface area contributed by atoms with Crippen molar-refractivity contribution in [3.8, 4) is 0 Å². The van der Waals surface area contributed by atoms with E-state index in [1.807, 2.05) is 4.57 Å². The Bertz CT molecular complexity index is 564. The minimum absolute atomic E-state index is 0.197. The molecule has 0 unspecified atom stereocenters. The van der Waals surface area contributed by atoms with Crippen LogP contribution in [0.25, 0.3) is 0 Å². The van der Waals surface area contributed by atoms with E-state index < -0.39 is 0 Å². The summed E-state index contributed by atoms with van der Waals surface area (Å²) >= 11 is 0. The summed E-state index contributed by atoms with van der Waals surface area (Å²) in [5, 5.41) is 2.82. The van der Waals surface area contributed by atoms with Gasteiger partial charge in [-0.05, 0) is 12.1 Å². The molecule has 0 radical (unpaired) electrons. The SMILES string of the molecule is COCCn1cncc1CNC(=O)c1ccc(N)nc1. The highest BCUT2D eigenvalue weighted by atomic mass is 16.5. The number of imidazole rings is 1. The number of nitrogens with zero attached hydrogens (tertiary/aromatic N) is 3. The standard InChI is InChI=1S/C13H17N5O2/c1-20-5-4-18-9-15-7-11(18)8-17-13(19)10-2-3-12(14)16-6-10/h2-3,6-7,9H,4-5,8H2,1H3,(H2,14,16)(H,17,19). The van der Waals surface area contributed by atoms with Crippen LogP contribution < -0.4 is 11.1 Å². The number of ether oxygens (including phenoxy) is 1. The van der Waals surface area contributed by atoms with Crippen LogP contribution in [0.5, 0.6) is 0 Å². The number of hydrogen-bond donors (Lipinski definition) is 2. The second kappa shape index (κ2) is 6.67. The molecule has 20 heavy (non-hydrogen) atoms. The lowest BCUT2D eigenvalue weighted by Crippen LogP contribution is -2.24. The van der Waals surface area contributed by atoms with Crippen molar-refractivity contribution in [2.75, 3.05) is 19.5 Å². The van der Waals surface area contributed by atoms with Gasteiger partial charge in [0.15, 0.2) is 0 Å². The molecule has 0 aromatic carbocycles. The minimum Gasteiger partial charge on any atom is -0.384 e. The van der Waals surface area contributed by atoms with Crippen LogP contribution in [-0.4, -0.2) is 34.2 Å². The van der Waals surface area contributed by atoms with E-state index in [4.69, 9.17) is 10.5 Å². The number of amides is 1. The maximum Gasteiger partial charge on any atom is 0.253 e. The molecule has 0 aliphatic rings. The zero-order valence-corrected chi connectivity index (χ0v) is 11.2. The van der Waals surface area contributed by atoms with Gasteiger partial charge in [0.2, 0.25) is 0 Å². The number of nitrogen functional groups attached to an aromatic ring is 1. The van der Waals surface area contributed by atoms with E-state index in [-0.39, 0.29) is 5.91 Å². The second-order valence-corrected chi connectivity index (χ2v) is 4.23. The Labute approximate surface area is 116 Å². The summed E-state index contributed by atoms with van der Waals surface area (Å²) < 4.78 is 6.96. The second-order valence-electron chi connectivity index (χ2n) is 4.23. The van der Waals surface area contributed by atoms with Crippen molar-refractivity contribution in [2.24, 2.45) is 0 Å². The monoisotopic (exact) mass is 275 g/mol. The molecule has 1 amide bonds. The Morgan fingerprint density at radius 2 is 2.30 bits per heavy atom. The molecule has 3 N–H and O–H groups in total. The topological polar surface area (TPSA) is 95.1 Å². The van der Waals surface area contributed by atoms with Gasteiger partial charge in [-0.15, -0.1) is 0 Å². The van der Waals surface area contributed by atoms with Crippen LogP contribution in [0.4, 0.5) is 5.82 Å². The molecule has 0 saturated heterocycles. The highest BCUT2D eigenvalue weighted by molar-refractivity contribution is 5.93. The summed E-state index contributed by atoms with van der Waals surface area (Å²) in [6, 6.07) is 3.23. The summed E-state index contributed by atoms with van der Waals surface area (Å²) in [5.41, 5.74) is 6.87. The van der Waals surface area contributed by atoms with Gasteiger partial charge < -0.3 is 20.4 Å². The number of hydrogen-bond acceptors (Lipinski definition) is 5. The third kappa shape index (κ3) is 3.55. The van der Waals surface area contributed by atoms with Gasteiger partial charge in [-0.2, -0.15) is 0 Å². The molecule has 0 fully saturated rings. The highest BCUT2D eigenvalue weighted by Crippen LogP contribution is 2.03. The van der Waals surface area contributed by atoms with Gasteiger partial charge in [-0.1, -0.05) is 0 Å². The first kappa shape index (κ1) is 14.0. The molecule has 2 heterocycles. The van der Waals surface area contributed by atoms with Crippen molar-refractivity contribution < 1.29 is 9.53 Å². The molecule has 7 heteroatoms. The van der Waals surface area contributed by atoms with E-state index in [2.05, 4.69) is 15.3 Å². The van der Waals surface area contributed by atoms with Gasteiger partial charge in [0, 0.05) is 26.0 Å². The number of methoxy groups -OCH3 is 1. The lowest BCUT2D eigenvalue weighted by Gasteiger charge is -2.09. The molecule has 106 valence electrons. The Morgan fingerprint density at radius 3 is 3.00 bits per heavy atom. The Hall–Kier alpha value is -2.41. The van der Waals surface area contributed by atoms with Gasteiger partial charge in [0.25, 0.3) is 5.91 Å². The number of carbonyl (C=O) groups is 1. The lowest BCUT2D eigenvalue weighted by atomic mass is 10.2. The average molecular weight is 275 g/mol. The van der Waals surface area contributed by atoms with Crippen LogP contribution >= 0.6 is 0 Å². The molecular formula is C13H17N5O2. The fourth-order valence-corrected chi connectivity index (χ4v) is 1.70. The van der Waals surface area contributed by atoms with Crippen molar-refractivity contribution in [1.29, 1.82) is 0 Å². The summed E-state index contributed by atoms with van der Waals surface area (Å²) in [7, 11) is 1.65. The summed E-state index contributed by atoms with van der Waals surface area (Å²) in [4.78, 5) is 19.9. The van der Waals surface area contributed by atoms with E-state index in [0.29, 0.717) is 31.1 Å². The molecular weight excluding hydrogens is 258 g/mol. The van der Waals surface area contributed by atoms with Gasteiger partial charge in [-0.3, -0.25) is 4.79 Å². The number of pyridine rings is 1. The van der Waals surface area contributed by atoms with E-state index >= 15 is 0 Å². The van der Waals surface area contributed by atoms with Gasteiger partial charge in [0.1, 0.15) is 5.82 Å². The molecule has 7 nitrogen and oxygen atoms in total. The molecule has 0 atom stereocenters. The highest BCUT2D eigenvalue weighted by Gasteiger charge is 2.07. The van der Waals surface area contributed by atoms with E-state index in [9.17, 15) is 4.79 Å². The molecule has 0 saturated carbocycles. The van der Waals surface area contributed by atoms with Crippen molar-refractivity contribution in [2.45, 2.75) is 13.1 Å². The van der Waals surface area contributed by atoms with E-state index in [1.165, 1.54) is 6.20 Å². The van der Waals surface area contributed by atoms with Crippen molar-refractivity contribution in [3.63, 3.8) is 0 Å². The Balaban J connectivity index is 1.93. The first-order chi connectivity index (χ1) is 9.70. The van der Waals surface area contributed by atoms with Crippen LogP contribution in [0.1, 0.15) is 16.1 Å². The number of carbonyl (C=O) groups excluding carboxylic acids is 1. The van der Waals surface area contributed by atoms with E-state index in [0.717, 1.165) is 5.69 Å². The molecule has 0 aliphatic heterocycles. The predicted octanol–water partition coefficient (Wildman–Crippen LogP) is 0.437. The number of nitrogens with two attached hydrogens (primary N) is 1. The molecule has 0 bridgehead atoms. The average Bonchev–Trinajstić information content (AvgIpc) is 2.90. The first-order valence-corrected chi connectivity index (χ1v) is 6.18. The van der Waals surface area contributed by atoms with Gasteiger partial charge in [0.05, 0.1) is 30.7 Å². The Kier molecular flexibility index (Phi) is 4.67. The van der Waals surface area contributed by atoms with Crippen molar-refractivity contribution in [1.82, 2.24) is 19.9 Å². The largest absolute Gasteiger partial charge is 0.384 e. The maximum absolute atomic E-state index is 11.9. The molecule has 2 aromatic rings. The first-order valence-electron chi connectivity index (χ1n) is 6.18. The Morgan fingerprint density at radius 1 is 1.45 bits per heavy atom. The molecule has 2 rings (SSSR count). The number of aromatic nitrogens is 3. The van der Waals surface area contributed by atoms with Crippen LogP contribution in [-0.2, 0) is 17.8 Å². The van der Waals surface area contributed by atoms with Crippen molar-refractivity contribution in [3.05, 3.63) is 42.1 Å². The van der Waals surface area contributed by atoms with Crippen LogP contribution in [0.3, 0.4) is 0 Å². The third-order valence-electron chi connectivity index (χ3n) is 2.81. The van der Waals surface area contributed by atoms with Gasteiger partial charge >= 0.3 is 0 Å². The third-order valence-corrected chi connectivity index (χ3v) is 2.81. The normalized spacial score (nSPS) is 10.4. The van der Waals surface area contributed by atoms with Crippen molar-refractivity contribution >= 4 is 11.7 Å². The van der Waals surface area contributed by atoms with E-state index in [1.54, 1.807) is 31.8 Å². The maximum atomic E-state index is 11.9. The fraction of sp³-hybridized carbons (Fsp3) is 0.308. The summed E-state index contributed by atoms with van der Waals surface area (Å²) in [6.45, 7) is 1.69. The quantitative estimate of drug-likeness (QED) is 0.797. The molecule has 0 spiro atoms. The predicted molar refractivity (Wildman–Crippen MR) is 73.9 cm³/mol. The van der Waals surface area contributed by atoms with Crippen LogP contribution in [0, 0.1) is 0 Å². The fourth-order valence-electron chi connectivity index (χ4n) is 1.70. The lowest BCUT2D eigenvalue weighted by molar-refractivity contribution is 0.0949.